The predicted molar refractivity (Wildman–Crippen MR) is 83.5 cm³/mol. The van der Waals surface area contributed by atoms with Crippen LogP contribution in [0.15, 0.2) is 0 Å². The molecule has 0 spiro atoms. The van der Waals surface area contributed by atoms with Crippen LogP contribution in [0.1, 0.15) is 26.2 Å². The quantitative estimate of drug-likeness (QED) is 0.643. The van der Waals surface area contributed by atoms with Crippen molar-refractivity contribution in [3.8, 4) is 0 Å². The zero-order chi connectivity index (χ0) is 15.0. The van der Waals surface area contributed by atoms with Crippen LogP contribution in [0.3, 0.4) is 0 Å². The van der Waals surface area contributed by atoms with Gasteiger partial charge in [0.1, 0.15) is 0 Å². The Morgan fingerprint density at radius 1 is 1.43 bits per heavy atom. The number of carbonyl (C=O) groups is 2. The predicted octanol–water partition coefficient (Wildman–Crippen LogP) is 0.0821. The van der Waals surface area contributed by atoms with E-state index in [-0.39, 0.29) is 37.0 Å². The number of nitrogens with zero attached hydrogens (tertiary/aromatic N) is 1. The summed E-state index contributed by atoms with van der Waals surface area (Å²) in [5.74, 6) is -0.298. The number of halogens is 1. The molecule has 0 radical (unpaired) electrons. The molecule has 2 unspecified atom stereocenters. The molecule has 0 aromatic rings. The average molecular weight is 323 g/mol. The second kappa shape index (κ2) is 10.8. The summed E-state index contributed by atoms with van der Waals surface area (Å²) in [5, 5.41) is 4.94. The van der Waals surface area contributed by atoms with Crippen molar-refractivity contribution in [3.05, 3.63) is 0 Å². The lowest BCUT2D eigenvalue weighted by atomic mass is 9.99. The number of hydrogen-bond acceptors (Lipinski definition) is 5. The Hall–Kier alpha value is -0.890. The van der Waals surface area contributed by atoms with Crippen LogP contribution in [0.4, 0.5) is 4.79 Å². The standard InChI is InChI=1S/C13H26N4O3.ClH/c1-3-5-15-13(19)16-12(18)9-17-6-4-11(20-2)7-10(17)8-14;/h10-11H,3-9,14H2,1-2H3,(H2,15,16,18,19);1H. The molecule has 2 atom stereocenters. The van der Waals surface area contributed by atoms with E-state index in [1.165, 1.54) is 0 Å². The number of ether oxygens (including phenoxy) is 1. The Morgan fingerprint density at radius 3 is 2.71 bits per heavy atom. The first-order valence-electron chi connectivity index (χ1n) is 7.15. The van der Waals surface area contributed by atoms with E-state index in [2.05, 4.69) is 10.6 Å². The average Bonchev–Trinajstić information content (AvgIpc) is 2.45. The highest BCUT2D eigenvalue weighted by atomic mass is 35.5. The van der Waals surface area contributed by atoms with E-state index in [1.54, 1.807) is 7.11 Å². The molecule has 8 heteroatoms. The summed E-state index contributed by atoms with van der Waals surface area (Å²) in [6.07, 6.45) is 2.74. The molecule has 21 heavy (non-hydrogen) atoms. The van der Waals surface area contributed by atoms with E-state index >= 15 is 0 Å². The van der Waals surface area contributed by atoms with Crippen molar-refractivity contribution in [2.24, 2.45) is 5.73 Å². The summed E-state index contributed by atoms with van der Waals surface area (Å²) in [6.45, 7) is 3.94. The number of urea groups is 1. The van der Waals surface area contributed by atoms with Gasteiger partial charge in [-0.25, -0.2) is 4.79 Å². The van der Waals surface area contributed by atoms with Crippen LogP contribution in [0.5, 0.6) is 0 Å². The Labute approximate surface area is 132 Å². The third kappa shape index (κ3) is 7.08. The summed E-state index contributed by atoms with van der Waals surface area (Å²) in [4.78, 5) is 25.2. The van der Waals surface area contributed by atoms with Gasteiger partial charge < -0.3 is 15.8 Å². The van der Waals surface area contributed by atoms with E-state index < -0.39 is 6.03 Å². The van der Waals surface area contributed by atoms with Crippen molar-refractivity contribution in [1.29, 1.82) is 0 Å². The maximum atomic E-state index is 11.8. The van der Waals surface area contributed by atoms with Crippen molar-refractivity contribution < 1.29 is 14.3 Å². The molecule has 1 rings (SSSR count). The van der Waals surface area contributed by atoms with Crippen LogP contribution >= 0.6 is 12.4 Å². The van der Waals surface area contributed by atoms with Gasteiger partial charge in [-0.1, -0.05) is 6.92 Å². The molecule has 1 aliphatic rings. The molecule has 0 aromatic heterocycles. The topological polar surface area (TPSA) is 96.7 Å². The molecular weight excluding hydrogens is 296 g/mol. The minimum atomic E-state index is -0.437. The van der Waals surface area contributed by atoms with Crippen molar-refractivity contribution in [3.63, 3.8) is 0 Å². The van der Waals surface area contributed by atoms with Gasteiger partial charge >= 0.3 is 6.03 Å². The zero-order valence-electron chi connectivity index (χ0n) is 12.8. The summed E-state index contributed by atoms with van der Waals surface area (Å²) in [5.41, 5.74) is 5.75. The summed E-state index contributed by atoms with van der Waals surface area (Å²) in [6, 6.07) is -0.314. The minimum Gasteiger partial charge on any atom is -0.381 e. The van der Waals surface area contributed by atoms with Gasteiger partial charge in [0.25, 0.3) is 0 Å². The van der Waals surface area contributed by atoms with Gasteiger partial charge in [0.15, 0.2) is 0 Å². The number of amides is 3. The number of nitrogens with two attached hydrogens (primary N) is 1. The molecule has 124 valence electrons. The van der Waals surface area contributed by atoms with E-state index in [1.807, 2.05) is 11.8 Å². The molecule has 1 fully saturated rings. The van der Waals surface area contributed by atoms with Gasteiger partial charge in [-0.2, -0.15) is 0 Å². The van der Waals surface area contributed by atoms with Crippen molar-refractivity contribution in [1.82, 2.24) is 15.5 Å². The third-order valence-corrected chi connectivity index (χ3v) is 3.53. The van der Waals surface area contributed by atoms with E-state index in [4.69, 9.17) is 10.5 Å². The summed E-state index contributed by atoms with van der Waals surface area (Å²) >= 11 is 0. The molecule has 3 amide bonds. The highest BCUT2D eigenvalue weighted by Gasteiger charge is 2.28. The highest BCUT2D eigenvalue weighted by Crippen LogP contribution is 2.18. The Bertz CT molecular complexity index is 331. The second-order valence-electron chi connectivity index (χ2n) is 5.05. The van der Waals surface area contributed by atoms with Gasteiger partial charge in [-0.05, 0) is 19.3 Å². The van der Waals surface area contributed by atoms with Gasteiger partial charge in [-0.3, -0.25) is 15.0 Å². The normalized spacial score (nSPS) is 22.2. The van der Waals surface area contributed by atoms with Gasteiger partial charge in [-0.15, -0.1) is 12.4 Å². The molecule has 0 aliphatic carbocycles. The maximum absolute atomic E-state index is 11.8. The number of carbonyl (C=O) groups excluding carboxylic acids is 2. The number of imide groups is 1. The Balaban J connectivity index is 0.00000400. The molecule has 1 heterocycles. The molecule has 0 saturated carbocycles. The summed E-state index contributed by atoms with van der Waals surface area (Å²) in [7, 11) is 1.69. The molecule has 4 N–H and O–H groups in total. The molecule has 0 aromatic carbocycles. The SMILES string of the molecule is CCCNC(=O)NC(=O)CN1CCC(OC)CC1CN.Cl. The lowest BCUT2D eigenvalue weighted by Gasteiger charge is -2.37. The van der Waals surface area contributed by atoms with Crippen molar-refractivity contribution in [2.75, 3.05) is 33.3 Å². The Kier molecular flexibility index (Phi) is 10.3. The smallest absolute Gasteiger partial charge is 0.321 e. The second-order valence-corrected chi connectivity index (χ2v) is 5.05. The lowest BCUT2D eigenvalue weighted by Crippen LogP contribution is -2.53. The van der Waals surface area contributed by atoms with Crippen molar-refractivity contribution >= 4 is 24.3 Å². The largest absolute Gasteiger partial charge is 0.381 e. The maximum Gasteiger partial charge on any atom is 0.321 e. The number of hydrogen-bond donors (Lipinski definition) is 3. The van der Waals surface area contributed by atoms with Crippen molar-refractivity contribution in [2.45, 2.75) is 38.3 Å². The highest BCUT2D eigenvalue weighted by molar-refractivity contribution is 5.95. The first-order chi connectivity index (χ1) is 9.60. The molecule has 1 aliphatic heterocycles. The minimum absolute atomic E-state index is 0. The first-order valence-corrected chi connectivity index (χ1v) is 7.15. The van der Waals surface area contributed by atoms with Crippen LogP contribution in [0.25, 0.3) is 0 Å². The molecule has 1 saturated heterocycles. The van der Waals surface area contributed by atoms with Gasteiger partial charge in [0.05, 0.1) is 12.6 Å². The van der Waals surface area contributed by atoms with Crippen LogP contribution in [-0.4, -0.2) is 62.3 Å². The first kappa shape index (κ1) is 20.1. The number of methoxy groups -OCH3 is 1. The fourth-order valence-corrected chi connectivity index (χ4v) is 2.36. The number of nitrogens with one attached hydrogen (secondary N) is 2. The lowest BCUT2D eigenvalue weighted by molar-refractivity contribution is -0.122. The van der Waals surface area contributed by atoms with Gasteiger partial charge in [0, 0.05) is 32.8 Å². The fourth-order valence-electron chi connectivity index (χ4n) is 2.36. The number of piperidine rings is 1. The monoisotopic (exact) mass is 322 g/mol. The van der Waals surface area contributed by atoms with E-state index in [0.29, 0.717) is 13.1 Å². The third-order valence-electron chi connectivity index (χ3n) is 3.53. The van der Waals surface area contributed by atoms with Crippen LogP contribution in [0, 0.1) is 0 Å². The van der Waals surface area contributed by atoms with Crippen LogP contribution in [-0.2, 0) is 9.53 Å². The van der Waals surface area contributed by atoms with Gasteiger partial charge in [0.2, 0.25) is 5.91 Å². The molecular formula is C13H27ClN4O3. The zero-order valence-corrected chi connectivity index (χ0v) is 13.6. The number of likely N-dealkylation sites (tertiary alicyclic amines) is 1. The summed E-state index contributed by atoms with van der Waals surface area (Å²) < 4.78 is 5.34. The van der Waals surface area contributed by atoms with Crippen LogP contribution in [0.2, 0.25) is 0 Å². The molecule has 7 nitrogen and oxygen atoms in total. The van der Waals surface area contributed by atoms with E-state index in [0.717, 1.165) is 25.8 Å². The van der Waals surface area contributed by atoms with E-state index in [9.17, 15) is 9.59 Å². The molecule has 0 bridgehead atoms. The Morgan fingerprint density at radius 2 is 2.14 bits per heavy atom. The number of rotatable bonds is 6. The fraction of sp³-hybridized carbons (Fsp3) is 0.846. The van der Waals surface area contributed by atoms with Crippen LogP contribution < -0.4 is 16.4 Å².